The Morgan fingerprint density at radius 2 is 1.86 bits per heavy atom. The molecule has 1 atom stereocenters. The number of benzene rings is 2. The Bertz CT molecular complexity index is 695. The number of rotatable bonds is 4. The summed E-state index contributed by atoms with van der Waals surface area (Å²) < 4.78 is 26.4. The van der Waals surface area contributed by atoms with Crippen LogP contribution >= 0.6 is 11.6 Å². The smallest absolute Gasteiger partial charge is 0.306 e. The van der Waals surface area contributed by atoms with Gasteiger partial charge in [0.05, 0.1) is 9.95 Å². The van der Waals surface area contributed by atoms with E-state index in [9.17, 15) is 18.9 Å². The van der Waals surface area contributed by atoms with Gasteiger partial charge in [0.15, 0.2) is 0 Å². The summed E-state index contributed by atoms with van der Waals surface area (Å²) >= 11 is 5.71. The van der Waals surface area contributed by atoms with E-state index in [2.05, 4.69) is 5.32 Å². The molecule has 0 saturated heterocycles. The summed E-state index contributed by atoms with van der Waals surface area (Å²) in [6.07, 6.45) is 0. The van der Waals surface area contributed by atoms with Crippen LogP contribution in [0.4, 0.5) is 20.2 Å². The molecule has 110 valence electrons. The summed E-state index contributed by atoms with van der Waals surface area (Å²) in [7, 11) is 0. The second kappa shape index (κ2) is 6.05. The van der Waals surface area contributed by atoms with Crippen LogP contribution in [0.3, 0.4) is 0 Å². The van der Waals surface area contributed by atoms with E-state index in [1.54, 1.807) is 13.0 Å². The number of nitrogens with zero attached hydrogens (tertiary/aromatic N) is 1. The van der Waals surface area contributed by atoms with Crippen molar-refractivity contribution in [1.82, 2.24) is 0 Å². The molecule has 0 heterocycles. The molecule has 1 N–H and O–H groups in total. The number of halogens is 3. The van der Waals surface area contributed by atoms with E-state index in [0.717, 1.165) is 12.1 Å². The first-order valence-electron chi connectivity index (χ1n) is 6.04. The molecule has 0 fully saturated rings. The lowest BCUT2D eigenvalue weighted by atomic mass is 10.1. The lowest BCUT2D eigenvalue weighted by Gasteiger charge is -2.16. The topological polar surface area (TPSA) is 55.2 Å². The number of nitrogens with one attached hydrogen (secondary N) is 1. The average molecular weight is 313 g/mol. The molecule has 2 aromatic rings. The Kier molecular flexibility index (Phi) is 4.37. The van der Waals surface area contributed by atoms with Crippen molar-refractivity contribution in [1.29, 1.82) is 0 Å². The molecule has 0 aliphatic rings. The molecule has 0 amide bonds. The highest BCUT2D eigenvalue weighted by Gasteiger charge is 2.15. The monoisotopic (exact) mass is 312 g/mol. The van der Waals surface area contributed by atoms with Crippen molar-refractivity contribution in [2.45, 2.75) is 13.0 Å². The van der Waals surface area contributed by atoms with Crippen LogP contribution < -0.4 is 5.32 Å². The van der Waals surface area contributed by atoms with Gasteiger partial charge in [0, 0.05) is 17.8 Å². The predicted octanol–water partition coefficient (Wildman–Crippen LogP) is 4.70. The quantitative estimate of drug-likeness (QED) is 0.657. The summed E-state index contributed by atoms with van der Waals surface area (Å²) in [5.74, 6) is -1.42. The highest BCUT2D eigenvalue weighted by atomic mass is 35.5. The number of anilines is 1. The first kappa shape index (κ1) is 15.2. The van der Waals surface area contributed by atoms with Gasteiger partial charge in [-0.15, -0.1) is 0 Å². The van der Waals surface area contributed by atoms with Crippen LogP contribution in [-0.4, -0.2) is 4.92 Å². The maximum absolute atomic E-state index is 13.2. The molecule has 0 spiro atoms. The summed E-state index contributed by atoms with van der Waals surface area (Å²) in [6, 6.07) is 7.49. The number of hydrogen-bond donors (Lipinski definition) is 1. The fourth-order valence-corrected chi connectivity index (χ4v) is 2.05. The van der Waals surface area contributed by atoms with E-state index < -0.39 is 22.2 Å². The van der Waals surface area contributed by atoms with Crippen LogP contribution in [0, 0.1) is 21.7 Å². The van der Waals surface area contributed by atoms with Gasteiger partial charge in [-0.05, 0) is 36.8 Å². The molecule has 7 heteroatoms. The van der Waals surface area contributed by atoms with Crippen LogP contribution in [0.5, 0.6) is 0 Å². The molecule has 4 nitrogen and oxygen atoms in total. The van der Waals surface area contributed by atoms with Crippen molar-refractivity contribution in [2.24, 2.45) is 0 Å². The van der Waals surface area contributed by atoms with Gasteiger partial charge >= 0.3 is 5.69 Å². The van der Waals surface area contributed by atoms with Gasteiger partial charge in [0.25, 0.3) is 0 Å². The van der Waals surface area contributed by atoms with Gasteiger partial charge < -0.3 is 5.32 Å². The maximum Gasteiger partial charge on any atom is 0.306 e. The molecule has 0 bridgehead atoms. The van der Waals surface area contributed by atoms with Gasteiger partial charge in [0.2, 0.25) is 5.82 Å². The van der Waals surface area contributed by atoms with Gasteiger partial charge in [-0.25, -0.2) is 4.39 Å². The third-order valence-electron chi connectivity index (χ3n) is 2.97. The first-order chi connectivity index (χ1) is 9.88. The summed E-state index contributed by atoms with van der Waals surface area (Å²) in [5.41, 5.74) is 0.480. The number of hydrogen-bond acceptors (Lipinski definition) is 3. The second-order valence-corrected chi connectivity index (χ2v) is 4.87. The Hall–Kier alpha value is -2.21. The fraction of sp³-hybridized carbons (Fsp3) is 0.143. The van der Waals surface area contributed by atoms with E-state index in [1.807, 2.05) is 0 Å². The van der Waals surface area contributed by atoms with E-state index >= 15 is 0 Å². The van der Waals surface area contributed by atoms with Gasteiger partial charge in [-0.3, -0.25) is 10.1 Å². The van der Waals surface area contributed by atoms with Crippen LogP contribution in [0.25, 0.3) is 0 Å². The minimum absolute atomic E-state index is 0.00811. The number of nitro benzene ring substituents is 1. The zero-order chi connectivity index (χ0) is 15.6. The zero-order valence-electron chi connectivity index (χ0n) is 10.9. The third kappa shape index (κ3) is 3.46. The molecule has 0 aliphatic heterocycles. The molecule has 2 rings (SSSR count). The lowest BCUT2D eigenvalue weighted by molar-refractivity contribution is -0.387. The molecule has 0 saturated carbocycles. The van der Waals surface area contributed by atoms with E-state index in [-0.39, 0.29) is 11.1 Å². The lowest BCUT2D eigenvalue weighted by Crippen LogP contribution is -2.07. The molecule has 21 heavy (non-hydrogen) atoms. The van der Waals surface area contributed by atoms with Gasteiger partial charge in [-0.2, -0.15) is 4.39 Å². The minimum atomic E-state index is -0.900. The predicted molar refractivity (Wildman–Crippen MR) is 76.5 cm³/mol. The van der Waals surface area contributed by atoms with E-state index in [0.29, 0.717) is 11.3 Å². The maximum atomic E-state index is 13.2. The fourth-order valence-electron chi connectivity index (χ4n) is 1.86. The normalized spacial score (nSPS) is 12.0. The molecular weight excluding hydrogens is 302 g/mol. The highest BCUT2D eigenvalue weighted by molar-refractivity contribution is 6.30. The van der Waals surface area contributed by atoms with E-state index in [1.165, 1.54) is 18.2 Å². The van der Waals surface area contributed by atoms with Crippen molar-refractivity contribution in [3.05, 3.63) is 68.7 Å². The molecule has 0 aromatic heterocycles. The summed E-state index contributed by atoms with van der Waals surface area (Å²) in [5, 5.41) is 13.7. The zero-order valence-corrected chi connectivity index (χ0v) is 11.7. The first-order valence-corrected chi connectivity index (χ1v) is 6.41. The summed E-state index contributed by atoms with van der Waals surface area (Å²) in [6.45, 7) is 1.78. The second-order valence-electron chi connectivity index (χ2n) is 4.46. The van der Waals surface area contributed by atoms with Crippen molar-refractivity contribution >= 4 is 23.0 Å². The summed E-state index contributed by atoms with van der Waals surface area (Å²) in [4.78, 5) is 9.90. The Morgan fingerprint density at radius 3 is 2.48 bits per heavy atom. The van der Waals surface area contributed by atoms with Crippen LogP contribution in [0.2, 0.25) is 5.02 Å². The average Bonchev–Trinajstić information content (AvgIpc) is 2.43. The van der Waals surface area contributed by atoms with Crippen LogP contribution in [-0.2, 0) is 0 Å². The van der Waals surface area contributed by atoms with Gasteiger partial charge in [-0.1, -0.05) is 17.7 Å². The number of nitro groups is 1. The van der Waals surface area contributed by atoms with Crippen LogP contribution in [0.1, 0.15) is 18.5 Å². The highest BCUT2D eigenvalue weighted by Crippen LogP contribution is 2.26. The third-order valence-corrected chi connectivity index (χ3v) is 3.26. The standard InChI is InChI=1S/C14H11ClF2N2O2/c1-8(9-2-4-12(16)11(15)6-9)18-10-3-5-13(17)14(7-10)19(20)21/h2-8,18H,1H3. The van der Waals surface area contributed by atoms with Crippen molar-refractivity contribution < 1.29 is 13.7 Å². The largest absolute Gasteiger partial charge is 0.378 e. The Morgan fingerprint density at radius 1 is 1.19 bits per heavy atom. The Balaban J connectivity index is 2.23. The van der Waals surface area contributed by atoms with Crippen molar-refractivity contribution in [3.8, 4) is 0 Å². The van der Waals surface area contributed by atoms with Crippen molar-refractivity contribution in [2.75, 3.05) is 5.32 Å². The van der Waals surface area contributed by atoms with Crippen LogP contribution in [0.15, 0.2) is 36.4 Å². The van der Waals surface area contributed by atoms with Crippen molar-refractivity contribution in [3.63, 3.8) is 0 Å². The minimum Gasteiger partial charge on any atom is -0.378 e. The molecule has 0 radical (unpaired) electrons. The molecule has 1 unspecified atom stereocenters. The van der Waals surface area contributed by atoms with E-state index in [4.69, 9.17) is 11.6 Å². The van der Waals surface area contributed by atoms with Gasteiger partial charge in [0.1, 0.15) is 5.82 Å². The molecule has 2 aromatic carbocycles. The Labute approximate surface area is 124 Å². The molecular formula is C14H11ClF2N2O2. The molecule has 0 aliphatic carbocycles. The SMILES string of the molecule is CC(Nc1ccc(F)c([N+](=O)[O-])c1)c1ccc(F)c(Cl)c1.